The van der Waals surface area contributed by atoms with Crippen LogP contribution in [0.5, 0.6) is 11.6 Å². The molecular weight excluding hydrogens is 487 g/mol. The third-order valence-corrected chi connectivity index (χ3v) is 5.90. The molecule has 11 heteroatoms. The molecule has 0 spiro atoms. The van der Waals surface area contributed by atoms with Crippen LogP contribution in [0.3, 0.4) is 0 Å². The minimum atomic E-state index is -4.34. The number of hydrogen-bond acceptors (Lipinski definition) is 7. The second-order valence-corrected chi connectivity index (χ2v) is 9.64. The Hall–Kier alpha value is -2.59. The highest BCUT2D eigenvalue weighted by molar-refractivity contribution is 6.34. The van der Waals surface area contributed by atoms with E-state index >= 15 is 0 Å². The van der Waals surface area contributed by atoms with Gasteiger partial charge in [0.15, 0.2) is 5.82 Å². The molecule has 2 heterocycles. The molecule has 35 heavy (non-hydrogen) atoms. The van der Waals surface area contributed by atoms with Crippen LogP contribution in [-0.2, 0) is 4.79 Å². The van der Waals surface area contributed by atoms with Gasteiger partial charge in [0.25, 0.3) is 0 Å². The van der Waals surface area contributed by atoms with Gasteiger partial charge >= 0.3 is 6.18 Å². The SMILES string of the molecule is CC(C(=O)CCC(F)(F)F)c1ccc(O[C@@H]2CCN(c3ncnc(OCC(C)(C)O)c3Cl)C2)cc1. The molecule has 0 aliphatic carbocycles. The van der Waals surface area contributed by atoms with E-state index in [1.165, 1.54) is 6.33 Å². The third-order valence-electron chi connectivity index (χ3n) is 5.57. The first-order valence-electron chi connectivity index (χ1n) is 11.3. The molecule has 1 aliphatic heterocycles. The standard InChI is InChI=1S/C24H29ClF3N3O4/c1-15(19(32)8-10-24(26,27)28)16-4-6-17(7-5-16)35-18-9-11-31(12-18)21-20(25)22(30-14-29-21)34-13-23(2,3)33/h4-7,14-15,18,33H,8-13H2,1-3H3/t15?,18-/m1/s1. The maximum atomic E-state index is 12.4. The Morgan fingerprint density at radius 1 is 1.26 bits per heavy atom. The molecule has 0 bridgehead atoms. The van der Waals surface area contributed by atoms with Gasteiger partial charge in [-0.2, -0.15) is 13.2 Å². The molecule has 0 saturated carbocycles. The maximum Gasteiger partial charge on any atom is 0.389 e. The molecular formula is C24H29ClF3N3O4. The minimum Gasteiger partial charge on any atom is -0.489 e. The molecule has 1 aromatic carbocycles. The molecule has 1 aromatic heterocycles. The fourth-order valence-electron chi connectivity index (χ4n) is 3.62. The number of Topliss-reactive ketones (excluding diaryl/α,β-unsaturated/α-hetero) is 1. The molecule has 1 fully saturated rings. The fourth-order valence-corrected chi connectivity index (χ4v) is 3.89. The lowest BCUT2D eigenvalue weighted by molar-refractivity contribution is -0.143. The highest BCUT2D eigenvalue weighted by Gasteiger charge is 2.30. The molecule has 2 aromatic rings. The molecule has 1 saturated heterocycles. The van der Waals surface area contributed by atoms with Crippen LogP contribution in [0.4, 0.5) is 19.0 Å². The molecule has 1 N–H and O–H groups in total. The van der Waals surface area contributed by atoms with Crippen molar-refractivity contribution in [2.24, 2.45) is 0 Å². The molecule has 0 radical (unpaired) electrons. The summed E-state index contributed by atoms with van der Waals surface area (Å²) in [6.07, 6.45) is -4.06. The topological polar surface area (TPSA) is 84.8 Å². The Kier molecular flexibility index (Phi) is 8.48. The van der Waals surface area contributed by atoms with Gasteiger partial charge in [0, 0.05) is 25.3 Å². The number of alkyl halides is 3. The van der Waals surface area contributed by atoms with Crippen LogP contribution in [-0.4, -0.2) is 58.4 Å². The summed E-state index contributed by atoms with van der Waals surface area (Å²) in [7, 11) is 0. The zero-order chi connectivity index (χ0) is 25.8. The monoisotopic (exact) mass is 515 g/mol. The number of nitrogens with zero attached hydrogens (tertiary/aromatic N) is 3. The quantitative estimate of drug-likeness (QED) is 0.479. The Bertz CT molecular complexity index is 1010. The van der Waals surface area contributed by atoms with Gasteiger partial charge in [0.05, 0.1) is 18.6 Å². The minimum absolute atomic E-state index is 0.0252. The molecule has 1 unspecified atom stereocenters. The molecule has 7 nitrogen and oxygen atoms in total. The lowest BCUT2D eigenvalue weighted by Gasteiger charge is -2.21. The van der Waals surface area contributed by atoms with Crippen LogP contribution >= 0.6 is 11.6 Å². The van der Waals surface area contributed by atoms with E-state index in [1.54, 1.807) is 45.0 Å². The second-order valence-electron chi connectivity index (χ2n) is 9.26. The Morgan fingerprint density at radius 2 is 1.94 bits per heavy atom. The zero-order valence-corrected chi connectivity index (χ0v) is 20.6. The normalized spacial score (nSPS) is 17.4. The summed E-state index contributed by atoms with van der Waals surface area (Å²) in [5.74, 6) is 0.229. The van der Waals surface area contributed by atoms with E-state index < -0.39 is 36.3 Å². The highest BCUT2D eigenvalue weighted by atomic mass is 35.5. The summed E-state index contributed by atoms with van der Waals surface area (Å²) in [5, 5.41) is 10.1. The summed E-state index contributed by atoms with van der Waals surface area (Å²) >= 11 is 6.44. The van der Waals surface area contributed by atoms with Crippen molar-refractivity contribution in [3.8, 4) is 11.6 Å². The van der Waals surface area contributed by atoms with Crippen molar-refractivity contribution in [2.45, 2.75) is 63.8 Å². The highest BCUT2D eigenvalue weighted by Crippen LogP contribution is 2.34. The summed E-state index contributed by atoms with van der Waals surface area (Å²) in [5.41, 5.74) is -0.394. The summed E-state index contributed by atoms with van der Waals surface area (Å²) in [4.78, 5) is 22.4. The molecule has 3 rings (SSSR count). The predicted molar refractivity (Wildman–Crippen MR) is 125 cm³/mol. The van der Waals surface area contributed by atoms with E-state index in [1.807, 2.05) is 4.90 Å². The number of halogens is 4. The van der Waals surface area contributed by atoms with Gasteiger partial charge in [0.2, 0.25) is 5.88 Å². The number of anilines is 1. The number of ether oxygens (including phenoxy) is 2. The number of aliphatic hydroxyl groups is 1. The summed E-state index contributed by atoms with van der Waals surface area (Å²) in [6, 6.07) is 6.83. The van der Waals surface area contributed by atoms with Crippen LogP contribution in [0.2, 0.25) is 5.02 Å². The third kappa shape index (κ3) is 7.96. The van der Waals surface area contributed by atoms with Crippen molar-refractivity contribution in [1.29, 1.82) is 0 Å². The number of ketones is 1. The van der Waals surface area contributed by atoms with E-state index in [4.69, 9.17) is 21.1 Å². The smallest absolute Gasteiger partial charge is 0.389 e. The average molecular weight is 516 g/mol. The lowest BCUT2D eigenvalue weighted by Crippen LogP contribution is -2.29. The van der Waals surface area contributed by atoms with Crippen LogP contribution in [0, 0.1) is 0 Å². The lowest BCUT2D eigenvalue weighted by atomic mass is 9.94. The maximum absolute atomic E-state index is 12.4. The first kappa shape index (κ1) is 27.0. The van der Waals surface area contributed by atoms with E-state index in [-0.39, 0.29) is 23.6 Å². The van der Waals surface area contributed by atoms with Crippen LogP contribution in [0.15, 0.2) is 30.6 Å². The van der Waals surface area contributed by atoms with Crippen molar-refractivity contribution >= 4 is 23.2 Å². The van der Waals surface area contributed by atoms with Crippen molar-refractivity contribution in [3.05, 3.63) is 41.2 Å². The fraction of sp³-hybridized carbons (Fsp3) is 0.542. The van der Waals surface area contributed by atoms with Gasteiger partial charge in [-0.3, -0.25) is 4.79 Å². The number of carbonyl (C=O) groups is 1. The van der Waals surface area contributed by atoms with Crippen LogP contribution in [0.1, 0.15) is 51.5 Å². The Labute approximate surface area is 207 Å². The summed E-state index contributed by atoms with van der Waals surface area (Å²) in [6.45, 7) is 6.03. The number of aromatic nitrogens is 2. The number of carbonyl (C=O) groups excluding carboxylic acids is 1. The average Bonchev–Trinajstić information content (AvgIpc) is 3.24. The second kappa shape index (κ2) is 11.0. The predicted octanol–water partition coefficient (Wildman–Crippen LogP) is 4.95. The van der Waals surface area contributed by atoms with Crippen molar-refractivity contribution in [2.75, 3.05) is 24.6 Å². The van der Waals surface area contributed by atoms with E-state index in [0.29, 0.717) is 36.6 Å². The van der Waals surface area contributed by atoms with Crippen LogP contribution in [0.25, 0.3) is 0 Å². The molecule has 2 atom stereocenters. The van der Waals surface area contributed by atoms with Gasteiger partial charge in [-0.15, -0.1) is 0 Å². The number of rotatable bonds is 10. The summed E-state index contributed by atoms with van der Waals surface area (Å²) < 4.78 is 48.7. The van der Waals surface area contributed by atoms with Gasteiger partial charge in [-0.1, -0.05) is 30.7 Å². The van der Waals surface area contributed by atoms with Gasteiger partial charge < -0.3 is 19.5 Å². The largest absolute Gasteiger partial charge is 0.489 e. The Balaban J connectivity index is 1.56. The van der Waals surface area contributed by atoms with Gasteiger partial charge in [-0.05, 0) is 31.5 Å². The number of hydrogen-bond donors (Lipinski definition) is 1. The molecule has 192 valence electrons. The molecule has 1 aliphatic rings. The van der Waals surface area contributed by atoms with Gasteiger partial charge in [-0.25, -0.2) is 9.97 Å². The first-order valence-corrected chi connectivity index (χ1v) is 11.7. The van der Waals surface area contributed by atoms with Crippen molar-refractivity contribution < 1.29 is 32.5 Å². The Morgan fingerprint density at radius 3 is 2.57 bits per heavy atom. The van der Waals surface area contributed by atoms with Crippen molar-refractivity contribution in [3.63, 3.8) is 0 Å². The van der Waals surface area contributed by atoms with E-state index in [0.717, 1.165) is 0 Å². The van der Waals surface area contributed by atoms with Crippen molar-refractivity contribution in [1.82, 2.24) is 9.97 Å². The van der Waals surface area contributed by atoms with Crippen LogP contribution < -0.4 is 14.4 Å². The van der Waals surface area contributed by atoms with E-state index in [9.17, 15) is 23.1 Å². The first-order chi connectivity index (χ1) is 16.3. The van der Waals surface area contributed by atoms with E-state index in [2.05, 4.69) is 9.97 Å². The van der Waals surface area contributed by atoms with Gasteiger partial charge in [0.1, 0.15) is 35.6 Å². The number of benzene rings is 1. The molecule has 0 amide bonds. The zero-order valence-electron chi connectivity index (χ0n) is 19.8.